The van der Waals surface area contributed by atoms with E-state index in [0.29, 0.717) is 50.3 Å². The summed E-state index contributed by atoms with van der Waals surface area (Å²) >= 11 is 0. The van der Waals surface area contributed by atoms with Gasteiger partial charge in [0, 0.05) is 31.7 Å². The van der Waals surface area contributed by atoms with E-state index in [9.17, 15) is 18.0 Å². The first-order valence-electron chi connectivity index (χ1n) is 6.64. The lowest BCUT2D eigenvalue weighted by atomic mass is 10.0. The number of carbonyl (C=O) groups is 1. The van der Waals surface area contributed by atoms with Gasteiger partial charge in [0.25, 0.3) is 0 Å². The van der Waals surface area contributed by atoms with Gasteiger partial charge >= 0.3 is 6.18 Å². The van der Waals surface area contributed by atoms with Crippen LogP contribution >= 0.6 is 0 Å². The van der Waals surface area contributed by atoms with Crippen LogP contribution in [0, 0.1) is 0 Å². The van der Waals surface area contributed by atoms with E-state index >= 15 is 0 Å². The summed E-state index contributed by atoms with van der Waals surface area (Å²) in [6, 6.07) is -0.797. The van der Waals surface area contributed by atoms with Crippen molar-refractivity contribution >= 4 is 5.91 Å². The molecule has 20 heavy (non-hydrogen) atoms. The summed E-state index contributed by atoms with van der Waals surface area (Å²) in [7, 11) is 0. The van der Waals surface area contributed by atoms with Gasteiger partial charge in [0.05, 0.1) is 5.69 Å². The number of nitrogens with one attached hydrogen (secondary N) is 2. The lowest BCUT2D eigenvalue weighted by Gasteiger charge is -2.27. The van der Waals surface area contributed by atoms with Crippen molar-refractivity contribution in [2.24, 2.45) is 0 Å². The van der Waals surface area contributed by atoms with Crippen LogP contribution in [0.3, 0.4) is 0 Å². The summed E-state index contributed by atoms with van der Waals surface area (Å²) in [4.78, 5) is 15.6. The highest BCUT2D eigenvalue weighted by atomic mass is 19.4. The van der Waals surface area contributed by atoms with Crippen LogP contribution in [0.15, 0.2) is 0 Å². The molecule has 0 aliphatic carbocycles. The third-order valence-electron chi connectivity index (χ3n) is 3.75. The highest BCUT2D eigenvalue weighted by Gasteiger charge is 2.42. The van der Waals surface area contributed by atoms with Crippen molar-refractivity contribution < 1.29 is 18.0 Å². The van der Waals surface area contributed by atoms with Crippen molar-refractivity contribution in [3.05, 3.63) is 17.2 Å². The molecule has 3 rings (SSSR count). The van der Waals surface area contributed by atoms with E-state index in [-0.39, 0.29) is 5.91 Å². The normalized spacial score (nSPS) is 23.4. The number of fused-ring (bicyclic) bond motifs is 1. The Kier molecular flexibility index (Phi) is 3.19. The monoisotopic (exact) mass is 288 g/mol. The Labute approximate surface area is 113 Å². The van der Waals surface area contributed by atoms with Gasteiger partial charge in [0.1, 0.15) is 6.04 Å². The third kappa shape index (κ3) is 2.17. The number of nitrogens with zero attached hydrogens (tertiary/aromatic N) is 2. The van der Waals surface area contributed by atoms with Gasteiger partial charge in [-0.25, -0.2) is 4.98 Å². The smallest absolute Gasteiger partial charge is 0.354 e. The van der Waals surface area contributed by atoms with Crippen LogP contribution in [0.2, 0.25) is 0 Å². The quantitative estimate of drug-likeness (QED) is 0.810. The van der Waals surface area contributed by atoms with Crippen LogP contribution in [0.4, 0.5) is 13.2 Å². The Morgan fingerprint density at radius 3 is 2.80 bits per heavy atom. The molecule has 3 heterocycles. The lowest BCUT2D eigenvalue weighted by molar-refractivity contribution is -0.149. The highest BCUT2D eigenvalue weighted by Crippen LogP contribution is 2.35. The molecule has 2 aliphatic rings. The molecular weight excluding hydrogens is 273 g/mol. The first-order valence-corrected chi connectivity index (χ1v) is 6.64. The maximum absolute atomic E-state index is 13.2. The van der Waals surface area contributed by atoms with Crippen LogP contribution in [0.1, 0.15) is 36.1 Å². The fourth-order valence-corrected chi connectivity index (χ4v) is 2.87. The van der Waals surface area contributed by atoms with E-state index in [4.69, 9.17) is 0 Å². The molecule has 1 atom stereocenters. The average Bonchev–Trinajstić information content (AvgIpc) is 2.79. The van der Waals surface area contributed by atoms with Crippen molar-refractivity contribution in [1.29, 1.82) is 0 Å². The van der Waals surface area contributed by atoms with Crippen LogP contribution in [0.5, 0.6) is 0 Å². The molecule has 1 aromatic heterocycles. The second-order valence-corrected chi connectivity index (χ2v) is 5.07. The molecular formula is C12H15F3N4O. The van der Waals surface area contributed by atoms with E-state index in [1.807, 2.05) is 0 Å². The van der Waals surface area contributed by atoms with Crippen molar-refractivity contribution in [2.45, 2.75) is 38.0 Å². The Morgan fingerprint density at radius 2 is 2.10 bits per heavy atom. The molecule has 0 radical (unpaired) electrons. The van der Waals surface area contributed by atoms with Gasteiger partial charge in [-0.1, -0.05) is 0 Å². The summed E-state index contributed by atoms with van der Waals surface area (Å²) < 4.78 is 40.7. The number of hydrogen-bond acceptors (Lipinski definition) is 3. The second-order valence-electron chi connectivity index (χ2n) is 5.07. The maximum Gasteiger partial charge on any atom is 0.449 e. The number of imidazole rings is 1. The van der Waals surface area contributed by atoms with E-state index in [1.54, 1.807) is 0 Å². The van der Waals surface area contributed by atoms with Crippen LogP contribution in [-0.4, -0.2) is 28.5 Å². The molecule has 110 valence electrons. The number of piperidine rings is 1. The minimum atomic E-state index is -4.55. The topological polar surface area (TPSA) is 59.0 Å². The molecule has 5 nitrogen and oxygen atoms in total. The Hall–Kier alpha value is -1.57. The number of hydrogen-bond donors (Lipinski definition) is 2. The van der Waals surface area contributed by atoms with E-state index in [0.717, 1.165) is 4.57 Å². The van der Waals surface area contributed by atoms with Crippen molar-refractivity contribution in [3.8, 4) is 0 Å². The Bertz CT molecular complexity index is 538. The largest absolute Gasteiger partial charge is 0.449 e. The zero-order valence-corrected chi connectivity index (χ0v) is 10.8. The summed E-state index contributed by atoms with van der Waals surface area (Å²) in [5.41, 5.74) is 0.945. The first-order chi connectivity index (χ1) is 9.48. The van der Waals surface area contributed by atoms with Gasteiger partial charge in [0.2, 0.25) is 11.7 Å². The van der Waals surface area contributed by atoms with Crippen molar-refractivity contribution in [3.63, 3.8) is 0 Å². The summed E-state index contributed by atoms with van der Waals surface area (Å²) in [6.45, 7) is 1.44. The predicted molar refractivity (Wildman–Crippen MR) is 63.9 cm³/mol. The molecule has 1 aromatic rings. The standard InChI is InChI=1S/C12H15F3N4O/c13-12(14,15)11-18-7-6-16-5-3-8(7)19(11)9-2-1-4-17-10(9)20/h9,16H,1-6H2,(H,17,20). The number of alkyl halides is 3. The van der Waals surface area contributed by atoms with Gasteiger partial charge < -0.3 is 15.2 Å². The van der Waals surface area contributed by atoms with Gasteiger partial charge in [-0.05, 0) is 12.8 Å². The first kappa shape index (κ1) is 13.4. The highest BCUT2D eigenvalue weighted by molar-refractivity contribution is 5.81. The summed E-state index contributed by atoms with van der Waals surface area (Å²) in [6.07, 6.45) is -2.98. The van der Waals surface area contributed by atoms with Gasteiger partial charge in [-0.2, -0.15) is 13.2 Å². The zero-order chi connectivity index (χ0) is 14.3. The van der Waals surface area contributed by atoms with Crippen LogP contribution in [-0.2, 0) is 23.9 Å². The van der Waals surface area contributed by atoms with E-state index in [2.05, 4.69) is 15.6 Å². The summed E-state index contributed by atoms with van der Waals surface area (Å²) in [5, 5.41) is 5.64. The summed E-state index contributed by atoms with van der Waals surface area (Å²) in [5.74, 6) is -1.30. The number of rotatable bonds is 1. The predicted octanol–water partition coefficient (Wildman–Crippen LogP) is 0.999. The molecule has 0 aromatic carbocycles. The lowest BCUT2D eigenvalue weighted by Crippen LogP contribution is -2.40. The Balaban J connectivity index is 2.11. The SMILES string of the molecule is O=C1NCCCC1n1c(C(F)(F)F)nc2c1CCNC2. The minimum absolute atomic E-state index is 0.319. The van der Waals surface area contributed by atoms with E-state index in [1.165, 1.54) is 0 Å². The third-order valence-corrected chi connectivity index (χ3v) is 3.75. The van der Waals surface area contributed by atoms with Crippen LogP contribution < -0.4 is 10.6 Å². The van der Waals surface area contributed by atoms with Gasteiger partial charge in [-0.15, -0.1) is 0 Å². The Morgan fingerprint density at radius 1 is 1.30 bits per heavy atom. The van der Waals surface area contributed by atoms with Crippen molar-refractivity contribution in [2.75, 3.05) is 13.1 Å². The fraction of sp³-hybridized carbons (Fsp3) is 0.667. The molecule has 1 saturated heterocycles. The number of amides is 1. The molecule has 1 amide bonds. The molecule has 1 unspecified atom stereocenters. The minimum Gasteiger partial charge on any atom is -0.354 e. The number of aromatic nitrogens is 2. The van der Waals surface area contributed by atoms with Crippen LogP contribution in [0.25, 0.3) is 0 Å². The average molecular weight is 288 g/mol. The molecule has 2 aliphatic heterocycles. The second kappa shape index (κ2) is 4.76. The number of halogens is 3. The van der Waals surface area contributed by atoms with E-state index < -0.39 is 18.0 Å². The molecule has 1 fully saturated rings. The van der Waals surface area contributed by atoms with Gasteiger partial charge in [-0.3, -0.25) is 4.79 Å². The van der Waals surface area contributed by atoms with Gasteiger partial charge in [0.15, 0.2) is 0 Å². The molecule has 0 saturated carbocycles. The molecule has 0 bridgehead atoms. The fourth-order valence-electron chi connectivity index (χ4n) is 2.87. The molecule has 8 heteroatoms. The number of carbonyl (C=O) groups excluding carboxylic acids is 1. The molecule has 2 N–H and O–H groups in total. The maximum atomic E-state index is 13.2. The van der Waals surface area contributed by atoms with Crippen molar-refractivity contribution in [1.82, 2.24) is 20.2 Å². The zero-order valence-electron chi connectivity index (χ0n) is 10.8. The molecule has 0 spiro atoms.